The first-order valence-corrected chi connectivity index (χ1v) is 5.28. The van der Waals surface area contributed by atoms with Crippen LogP contribution in [0.3, 0.4) is 0 Å². The van der Waals surface area contributed by atoms with Gasteiger partial charge in [0, 0.05) is 17.8 Å². The molecule has 0 saturated carbocycles. The Kier molecular flexibility index (Phi) is 4.10. The van der Waals surface area contributed by atoms with Crippen LogP contribution < -0.4 is 10.6 Å². The van der Waals surface area contributed by atoms with Crippen molar-refractivity contribution in [3.63, 3.8) is 0 Å². The highest BCUT2D eigenvalue weighted by Gasteiger charge is 2.11. The highest BCUT2D eigenvalue weighted by molar-refractivity contribution is 5.86. The van der Waals surface area contributed by atoms with Gasteiger partial charge in [0.25, 0.3) is 0 Å². The van der Waals surface area contributed by atoms with E-state index in [2.05, 4.69) is 19.7 Å². The summed E-state index contributed by atoms with van der Waals surface area (Å²) in [6.07, 6.45) is 4.81. The lowest BCUT2D eigenvalue weighted by Crippen LogP contribution is -2.24. The Morgan fingerprint density at radius 2 is 2.12 bits per heavy atom. The third-order valence-electron chi connectivity index (χ3n) is 2.59. The molecule has 0 fully saturated rings. The van der Waals surface area contributed by atoms with Crippen LogP contribution >= 0.6 is 0 Å². The van der Waals surface area contributed by atoms with Gasteiger partial charge in [-0.2, -0.15) is 0 Å². The molecule has 0 atom stereocenters. The van der Waals surface area contributed by atoms with E-state index in [-0.39, 0.29) is 5.91 Å². The van der Waals surface area contributed by atoms with Crippen molar-refractivity contribution in [2.45, 2.75) is 13.5 Å². The Hall–Kier alpha value is -2.03. The maximum atomic E-state index is 11.4. The molecule has 3 nitrogen and oxygen atoms in total. The van der Waals surface area contributed by atoms with E-state index in [4.69, 9.17) is 4.42 Å². The maximum absolute atomic E-state index is 11.4. The second-order valence-corrected chi connectivity index (χ2v) is 3.79. The van der Waals surface area contributed by atoms with E-state index in [1.165, 1.54) is 11.0 Å². The van der Waals surface area contributed by atoms with Crippen molar-refractivity contribution in [2.24, 2.45) is 0 Å². The van der Waals surface area contributed by atoms with Crippen molar-refractivity contribution in [1.82, 2.24) is 4.90 Å². The lowest BCUT2D eigenvalue weighted by Gasteiger charge is -2.13. The van der Waals surface area contributed by atoms with Gasteiger partial charge in [-0.1, -0.05) is 31.9 Å². The first-order valence-electron chi connectivity index (χ1n) is 5.28. The van der Waals surface area contributed by atoms with E-state index in [0.29, 0.717) is 12.0 Å². The third-order valence-corrected chi connectivity index (χ3v) is 2.59. The molecule has 0 radical (unpaired) electrons. The predicted octanol–water partition coefficient (Wildman–Crippen LogP) is 1.11. The number of carbonyl (C=O) groups excluding carboxylic acids is 1. The van der Waals surface area contributed by atoms with E-state index in [1.807, 2.05) is 13.0 Å². The number of nitrogens with zero attached hydrogens (tertiary/aromatic N) is 1. The number of amides is 1. The molecule has 3 heteroatoms. The fourth-order valence-electron chi connectivity index (χ4n) is 1.58. The molecule has 0 aliphatic carbocycles. The largest absolute Gasteiger partial charge is 0.460 e. The summed E-state index contributed by atoms with van der Waals surface area (Å²) in [7, 11) is 1.70. The minimum atomic E-state index is -0.138. The quantitative estimate of drug-likeness (QED) is 0.727. The smallest absolute Gasteiger partial charge is 0.246 e. The topological polar surface area (TPSA) is 33.5 Å². The SMILES string of the molecule is C=C/C=c1/c(C)c(CN(C)C(=O)C=C)oc1=C. The van der Waals surface area contributed by atoms with Crippen LogP contribution in [0, 0.1) is 6.92 Å². The average Bonchev–Trinajstić information content (AvgIpc) is 2.56. The van der Waals surface area contributed by atoms with Crippen LogP contribution in [0.5, 0.6) is 0 Å². The van der Waals surface area contributed by atoms with Crippen LogP contribution in [-0.4, -0.2) is 17.9 Å². The lowest BCUT2D eigenvalue weighted by molar-refractivity contribution is -0.125. The first-order chi connectivity index (χ1) is 8.01. The van der Waals surface area contributed by atoms with Gasteiger partial charge in [0.1, 0.15) is 11.2 Å². The average molecular weight is 231 g/mol. The molecule has 1 amide bonds. The van der Waals surface area contributed by atoms with E-state index in [9.17, 15) is 4.79 Å². The molecular weight excluding hydrogens is 214 g/mol. The van der Waals surface area contributed by atoms with E-state index < -0.39 is 0 Å². The molecule has 0 saturated heterocycles. The van der Waals surface area contributed by atoms with E-state index >= 15 is 0 Å². The molecule has 0 N–H and O–H groups in total. The minimum Gasteiger partial charge on any atom is -0.460 e. The molecule has 0 unspecified atom stereocenters. The molecule has 0 aromatic carbocycles. The monoisotopic (exact) mass is 231 g/mol. The maximum Gasteiger partial charge on any atom is 0.246 e. The number of carbonyl (C=O) groups is 1. The summed E-state index contributed by atoms with van der Waals surface area (Å²) in [6.45, 7) is 13.3. The Morgan fingerprint density at radius 1 is 1.47 bits per heavy atom. The summed E-state index contributed by atoms with van der Waals surface area (Å²) in [4.78, 5) is 12.9. The Bertz CT molecular complexity index is 552. The zero-order chi connectivity index (χ0) is 13.0. The zero-order valence-electron chi connectivity index (χ0n) is 10.3. The molecule has 1 aromatic rings. The van der Waals surface area contributed by atoms with Crippen LogP contribution in [0.1, 0.15) is 11.3 Å². The van der Waals surface area contributed by atoms with Crippen LogP contribution in [0.15, 0.2) is 29.7 Å². The molecule has 0 spiro atoms. The summed E-state index contributed by atoms with van der Waals surface area (Å²) in [6, 6.07) is 0. The van der Waals surface area contributed by atoms with E-state index in [0.717, 1.165) is 16.5 Å². The molecule has 0 bridgehead atoms. The van der Waals surface area contributed by atoms with Crippen molar-refractivity contribution in [3.8, 4) is 0 Å². The standard InChI is InChI=1S/C14H17NO2/c1-6-8-12-10(3)13(17-11(12)4)9-15(5)14(16)7-2/h6-8H,1-2,4,9H2,3,5H3/b12-8-. The fraction of sp³-hybridized carbons (Fsp3) is 0.214. The van der Waals surface area contributed by atoms with Gasteiger partial charge < -0.3 is 9.32 Å². The van der Waals surface area contributed by atoms with Crippen molar-refractivity contribution in [1.29, 1.82) is 0 Å². The number of furan rings is 1. The molecule has 0 aliphatic heterocycles. The molecule has 0 aliphatic rings. The third kappa shape index (κ3) is 2.75. The minimum absolute atomic E-state index is 0.138. The van der Waals surface area contributed by atoms with Gasteiger partial charge in [0.05, 0.1) is 6.54 Å². The predicted molar refractivity (Wildman–Crippen MR) is 69.6 cm³/mol. The number of allylic oxidation sites excluding steroid dienone is 1. The Morgan fingerprint density at radius 3 is 2.65 bits per heavy atom. The Labute approximate surface area is 101 Å². The molecule has 17 heavy (non-hydrogen) atoms. The van der Waals surface area contributed by atoms with Crippen molar-refractivity contribution in [3.05, 3.63) is 47.3 Å². The van der Waals surface area contributed by atoms with E-state index in [1.54, 1.807) is 13.1 Å². The highest BCUT2D eigenvalue weighted by atomic mass is 16.3. The molecule has 90 valence electrons. The zero-order valence-corrected chi connectivity index (χ0v) is 10.3. The van der Waals surface area contributed by atoms with Crippen LogP contribution in [0.2, 0.25) is 0 Å². The van der Waals surface area contributed by atoms with Gasteiger partial charge >= 0.3 is 0 Å². The molecular formula is C14H17NO2. The summed E-state index contributed by atoms with van der Waals surface area (Å²) < 4.78 is 5.54. The molecule has 1 aromatic heterocycles. The van der Waals surface area contributed by atoms with Crippen molar-refractivity contribution >= 4 is 18.6 Å². The van der Waals surface area contributed by atoms with Crippen LogP contribution in [-0.2, 0) is 11.3 Å². The summed E-state index contributed by atoms with van der Waals surface area (Å²) in [5.74, 6) is 0.599. The van der Waals surface area contributed by atoms with Gasteiger partial charge in [-0.05, 0) is 13.0 Å². The number of hydrogen-bond donors (Lipinski definition) is 0. The normalized spacial score (nSPS) is 11.3. The fourth-order valence-corrected chi connectivity index (χ4v) is 1.58. The summed E-state index contributed by atoms with van der Waals surface area (Å²) >= 11 is 0. The number of hydrogen-bond acceptors (Lipinski definition) is 2. The second kappa shape index (κ2) is 5.34. The second-order valence-electron chi connectivity index (χ2n) is 3.79. The van der Waals surface area contributed by atoms with Gasteiger partial charge in [-0.15, -0.1) is 0 Å². The van der Waals surface area contributed by atoms with Gasteiger partial charge in [0.15, 0.2) is 0 Å². The summed E-state index contributed by atoms with van der Waals surface area (Å²) in [5, 5.41) is 0.925. The number of likely N-dealkylation sites (N-methyl/N-ethyl adjacent to an activating group) is 1. The van der Waals surface area contributed by atoms with Crippen LogP contribution in [0.25, 0.3) is 12.7 Å². The van der Waals surface area contributed by atoms with Crippen molar-refractivity contribution < 1.29 is 9.21 Å². The van der Waals surface area contributed by atoms with Crippen molar-refractivity contribution in [2.75, 3.05) is 7.05 Å². The highest BCUT2D eigenvalue weighted by Crippen LogP contribution is 2.05. The molecule has 1 rings (SSSR count). The lowest BCUT2D eigenvalue weighted by atomic mass is 10.2. The molecule has 1 heterocycles. The number of rotatable bonds is 4. The summed E-state index contributed by atoms with van der Waals surface area (Å²) in [5.41, 5.74) is 1.58. The van der Waals surface area contributed by atoms with Crippen LogP contribution in [0.4, 0.5) is 0 Å². The van der Waals surface area contributed by atoms with Gasteiger partial charge in [0.2, 0.25) is 5.91 Å². The first kappa shape index (κ1) is 13.0. The van der Waals surface area contributed by atoms with Gasteiger partial charge in [-0.25, -0.2) is 0 Å². The Balaban J connectivity index is 3.10. The van der Waals surface area contributed by atoms with Gasteiger partial charge in [-0.3, -0.25) is 4.79 Å².